The van der Waals surface area contributed by atoms with Gasteiger partial charge in [-0.1, -0.05) is 48.5 Å². The molecule has 0 unspecified atom stereocenters. The van der Waals surface area contributed by atoms with Crippen LogP contribution in [0.4, 0.5) is 5.69 Å². The van der Waals surface area contributed by atoms with Crippen LogP contribution < -0.4 is 14.4 Å². The number of rotatable bonds is 8. The molecular formula is C26H30N2O3. The molecule has 0 spiro atoms. The monoisotopic (exact) mass is 418 g/mol. The number of β-amino-alcohol motifs (C(OH)–C–C–N with tert-alkyl or cyclic N) is 1. The highest BCUT2D eigenvalue weighted by atomic mass is 16.5. The molecule has 4 rings (SSSR count). The quantitative estimate of drug-likeness (QED) is 0.601. The van der Waals surface area contributed by atoms with Gasteiger partial charge < -0.3 is 19.5 Å². The average Bonchev–Trinajstić information content (AvgIpc) is 2.84. The van der Waals surface area contributed by atoms with E-state index in [-0.39, 0.29) is 6.61 Å². The Bertz CT molecular complexity index is 938. The van der Waals surface area contributed by atoms with Gasteiger partial charge in [0.1, 0.15) is 24.2 Å². The van der Waals surface area contributed by atoms with Crippen molar-refractivity contribution in [2.75, 3.05) is 51.3 Å². The lowest BCUT2D eigenvalue weighted by atomic mass is 10.1. The van der Waals surface area contributed by atoms with Crippen molar-refractivity contribution >= 4 is 5.69 Å². The highest BCUT2D eigenvalue weighted by Crippen LogP contribution is 2.29. The van der Waals surface area contributed by atoms with Crippen LogP contribution in [0.2, 0.25) is 0 Å². The maximum Gasteiger partial charge on any atom is 0.127 e. The van der Waals surface area contributed by atoms with Crippen LogP contribution in [0.3, 0.4) is 0 Å². The van der Waals surface area contributed by atoms with Gasteiger partial charge in [0.15, 0.2) is 0 Å². The van der Waals surface area contributed by atoms with Crippen LogP contribution in [-0.4, -0.2) is 62.6 Å². The molecule has 0 amide bonds. The summed E-state index contributed by atoms with van der Waals surface area (Å²) in [5.41, 5.74) is 3.37. The lowest BCUT2D eigenvalue weighted by Gasteiger charge is -2.36. The van der Waals surface area contributed by atoms with Crippen LogP contribution in [0.1, 0.15) is 0 Å². The van der Waals surface area contributed by atoms with Crippen molar-refractivity contribution in [3.63, 3.8) is 0 Å². The third kappa shape index (κ3) is 5.57. The first-order valence-electron chi connectivity index (χ1n) is 10.8. The molecule has 1 saturated heterocycles. The van der Waals surface area contributed by atoms with Crippen LogP contribution in [0.25, 0.3) is 11.1 Å². The third-order valence-corrected chi connectivity index (χ3v) is 5.68. The van der Waals surface area contributed by atoms with Crippen LogP contribution in [0.5, 0.6) is 11.5 Å². The molecule has 1 N–H and O–H groups in total. The molecule has 1 fully saturated rings. The van der Waals surface area contributed by atoms with E-state index in [1.54, 1.807) is 7.11 Å². The summed E-state index contributed by atoms with van der Waals surface area (Å²) in [5, 5.41) is 10.6. The number of hydrogen-bond donors (Lipinski definition) is 1. The van der Waals surface area contributed by atoms with Crippen LogP contribution in [-0.2, 0) is 0 Å². The van der Waals surface area contributed by atoms with Crippen LogP contribution >= 0.6 is 0 Å². The van der Waals surface area contributed by atoms with E-state index in [9.17, 15) is 5.11 Å². The topological polar surface area (TPSA) is 45.2 Å². The van der Waals surface area contributed by atoms with E-state index in [1.165, 1.54) is 5.69 Å². The standard InChI is InChI=1S/C26H30N2O3/c1-30-24-13-11-22(12-14-24)28-17-15-27(16-18-28)19-23(29)20-31-26-10-6-5-9-25(26)21-7-3-2-4-8-21/h2-14,23,29H,15-20H2,1H3/t23-/m0/s1. The number of ether oxygens (including phenoxy) is 2. The summed E-state index contributed by atoms with van der Waals surface area (Å²) in [6.45, 7) is 4.62. The smallest absolute Gasteiger partial charge is 0.127 e. The Labute approximate surface area is 184 Å². The van der Waals surface area contributed by atoms with Crippen molar-refractivity contribution in [1.29, 1.82) is 0 Å². The van der Waals surface area contributed by atoms with E-state index in [2.05, 4.69) is 40.1 Å². The number of methoxy groups -OCH3 is 1. The minimum absolute atomic E-state index is 0.280. The van der Waals surface area contributed by atoms with E-state index in [1.807, 2.05) is 48.5 Å². The fraction of sp³-hybridized carbons (Fsp3) is 0.308. The number of benzene rings is 3. The predicted octanol–water partition coefficient (Wildman–Crippen LogP) is 3.92. The zero-order valence-electron chi connectivity index (χ0n) is 18.0. The van der Waals surface area contributed by atoms with Gasteiger partial charge in [0.25, 0.3) is 0 Å². The number of para-hydroxylation sites is 1. The second-order valence-electron chi connectivity index (χ2n) is 7.81. The first-order chi connectivity index (χ1) is 15.2. The maximum atomic E-state index is 10.6. The second kappa shape index (κ2) is 10.3. The Morgan fingerprint density at radius 2 is 1.52 bits per heavy atom. The molecule has 31 heavy (non-hydrogen) atoms. The van der Waals surface area contributed by atoms with Gasteiger partial charge >= 0.3 is 0 Å². The lowest BCUT2D eigenvalue weighted by molar-refractivity contribution is 0.0665. The molecule has 3 aromatic carbocycles. The van der Waals surface area contributed by atoms with E-state index >= 15 is 0 Å². The van der Waals surface area contributed by atoms with Crippen LogP contribution in [0, 0.1) is 0 Å². The van der Waals surface area contributed by atoms with Crippen molar-refractivity contribution in [3.8, 4) is 22.6 Å². The van der Waals surface area contributed by atoms with Crippen LogP contribution in [0.15, 0.2) is 78.9 Å². The maximum absolute atomic E-state index is 10.6. The molecule has 1 aliphatic rings. The van der Waals surface area contributed by atoms with Gasteiger partial charge in [-0.2, -0.15) is 0 Å². The van der Waals surface area contributed by atoms with Gasteiger partial charge in [-0.15, -0.1) is 0 Å². The number of hydrogen-bond acceptors (Lipinski definition) is 5. The summed E-state index contributed by atoms with van der Waals surface area (Å²) in [7, 11) is 1.68. The Morgan fingerprint density at radius 1 is 0.839 bits per heavy atom. The van der Waals surface area contributed by atoms with Gasteiger partial charge in [-0.25, -0.2) is 0 Å². The Balaban J connectivity index is 1.26. The molecule has 1 aliphatic heterocycles. The number of nitrogens with zero attached hydrogens (tertiary/aromatic N) is 2. The summed E-state index contributed by atoms with van der Waals surface area (Å²) < 4.78 is 11.2. The fourth-order valence-corrected chi connectivity index (χ4v) is 3.97. The SMILES string of the molecule is COc1ccc(N2CCN(C[C@H](O)COc3ccccc3-c3ccccc3)CC2)cc1. The molecule has 0 radical (unpaired) electrons. The van der Waals surface area contributed by atoms with E-state index in [0.717, 1.165) is 48.8 Å². The molecule has 0 aliphatic carbocycles. The first kappa shape index (κ1) is 21.2. The summed E-state index contributed by atoms with van der Waals surface area (Å²) in [6, 6.07) is 26.4. The normalized spacial score (nSPS) is 15.5. The van der Waals surface area contributed by atoms with Crippen molar-refractivity contribution in [3.05, 3.63) is 78.9 Å². The number of aliphatic hydroxyl groups is 1. The summed E-state index contributed by atoms with van der Waals surface area (Å²) in [5.74, 6) is 1.68. The Kier molecular flexibility index (Phi) is 7.07. The molecule has 3 aromatic rings. The van der Waals surface area contributed by atoms with Crippen molar-refractivity contribution in [2.45, 2.75) is 6.10 Å². The predicted molar refractivity (Wildman–Crippen MR) is 125 cm³/mol. The molecule has 0 saturated carbocycles. The minimum Gasteiger partial charge on any atom is -0.497 e. The van der Waals surface area contributed by atoms with Crippen molar-refractivity contribution < 1.29 is 14.6 Å². The first-order valence-corrected chi connectivity index (χ1v) is 10.8. The molecule has 5 heteroatoms. The van der Waals surface area contributed by atoms with Gasteiger partial charge in [0.05, 0.1) is 7.11 Å². The molecule has 162 valence electrons. The minimum atomic E-state index is -0.531. The zero-order valence-corrected chi connectivity index (χ0v) is 18.0. The number of aliphatic hydroxyl groups excluding tert-OH is 1. The Hall–Kier alpha value is -3.02. The van der Waals surface area contributed by atoms with Gasteiger partial charge in [0.2, 0.25) is 0 Å². The third-order valence-electron chi connectivity index (χ3n) is 5.68. The fourth-order valence-electron chi connectivity index (χ4n) is 3.97. The molecule has 1 atom stereocenters. The van der Waals surface area contributed by atoms with Gasteiger partial charge in [-0.3, -0.25) is 4.90 Å². The molecule has 1 heterocycles. The Morgan fingerprint density at radius 3 is 2.23 bits per heavy atom. The summed E-state index contributed by atoms with van der Waals surface area (Å²) in [4.78, 5) is 4.67. The molecule has 5 nitrogen and oxygen atoms in total. The van der Waals surface area contributed by atoms with E-state index in [4.69, 9.17) is 9.47 Å². The van der Waals surface area contributed by atoms with E-state index < -0.39 is 6.10 Å². The molecule has 0 bridgehead atoms. The second-order valence-corrected chi connectivity index (χ2v) is 7.81. The van der Waals surface area contributed by atoms with Gasteiger partial charge in [-0.05, 0) is 35.9 Å². The van der Waals surface area contributed by atoms with Crippen molar-refractivity contribution in [1.82, 2.24) is 4.90 Å². The molecular weight excluding hydrogens is 388 g/mol. The average molecular weight is 419 g/mol. The lowest BCUT2D eigenvalue weighted by Crippen LogP contribution is -2.49. The van der Waals surface area contributed by atoms with Crippen molar-refractivity contribution in [2.24, 2.45) is 0 Å². The highest BCUT2D eigenvalue weighted by Gasteiger charge is 2.20. The summed E-state index contributed by atoms with van der Waals surface area (Å²) >= 11 is 0. The largest absolute Gasteiger partial charge is 0.497 e. The van der Waals surface area contributed by atoms with E-state index in [0.29, 0.717) is 6.54 Å². The number of anilines is 1. The zero-order chi connectivity index (χ0) is 21.5. The molecule has 0 aromatic heterocycles. The summed E-state index contributed by atoms with van der Waals surface area (Å²) in [6.07, 6.45) is -0.531. The van der Waals surface area contributed by atoms with Gasteiger partial charge in [0, 0.05) is 44.0 Å². The number of piperazine rings is 1. The highest BCUT2D eigenvalue weighted by molar-refractivity contribution is 5.70.